The second-order valence-corrected chi connectivity index (χ2v) is 7.44. The molecular formula is C21H38IN5O. The molecule has 0 radical (unpaired) electrons. The van der Waals surface area contributed by atoms with Gasteiger partial charge in [0.15, 0.2) is 5.96 Å². The molecule has 0 heterocycles. The summed E-state index contributed by atoms with van der Waals surface area (Å²) in [5.74, 6) is 0.832. The zero-order chi connectivity index (χ0) is 20.4. The van der Waals surface area contributed by atoms with Crippen LogP contribution in [0.1, 0.15) is 50.5 Å². The molecule has 1 rings (SSSR count). The Morgan fingerprint density at radius 1 is 1.04 bits per heavy atom. The number of carbonyl (C=O) groups is 1. The van der Waals surface area contributed by atoms with Crippen molar-refractivity contribution in [2.24, 2.45) is 4.99 Å². The van der Waals surface area contributed by atoms with Gasteiger partial charge in [0.05, 0.1) is 6.54 Å². The van der Waals surface area contributed by atoms with E-state index >= 15 is 0 Å². The molecule has 2 N–H and O–H groups in total. The van der Waals surface area contributed by atoms with Crippen LogP contribution in [0.25, 0.3) is 0 Å². The third-order valence-electron chi connectivity index (χ3n) is 4.36. The lowest BCUT2D eigenvalue weighted by Gasteiger charge is -2.30. The van der Waals surface area contributed by atoms with Gasteiger partial charge >= 0.3 is 0 Å². The number of carbonyl (C=O) groups excluding carboxylic acids is 1. The number of guanidine groups is 1. The maximum Gasteiger partial charge on any atom is 0.253 e. The average Bonchev–Trinajstić information content (AvgIpc) is 2.62. The first-order valence-electron chi connectivity index (χ1n) is 9.84. The van der Waals surface area contributed by atoms with E-state index in [1.54, 1.807) is 19.0 Å². The largest absolute Gasteiger partial charge is 0.357 e. The fraction of sp³-hybridized carbons (Fsp3) is 0.619. The second-order valence-electron chi connectivity index (χ2n) is 7.44. The minimum atomic E-state index is 0. The molecule has 1 aromatic carbocycles. The van der Waals surface area contributed by atoms with Crippen molar-refractivity contribution in [1.29, 1.82) is 0 Å². The van der Waals surface area contributed by atoms with Gasteiger partial charge in [-0.15, -0.1) is 24.0 Å². The standard InChI is InChI=1S/C21H37N5O.HI/c1-8-22-21(23-13-14-26(16(2)3)17(4)5)24-15-18-9-11-19(12-10-18)20(27)25(6)7;/h9-12,16-17H,8,13-15H2,1-7H3,(H2,22,23,24);1H. The predicted octanol–water partition coefficient (Wildman–Crippen LogP) is 3.18. The Morgan fingerprint density at radius 2 is 1.61 bits per heavy atom. The van der Waals surface area contributed by atoms with Gasteiger partial charge in [-0.1, -0.05) is 12.1 Å². The molecule has 0 unspecified atom stereocenters. The molecular weight excluding hydrogens is 465 g/mol. The highest BCUT2D eigenvalue weighted by Gasteiger charge is 2.12. The van der Waals surface area contributed by atoms with E-state index in [2.05, 4.69) is 55.1 Å². The molecule has 0 bridgehead atoms. The average molecular weight is 503 g/mol. The van der Waals surface area contributed by atoms with Crippen LogP contribution in [0.4, 0.5) is 0 Å². The lowest BCUT2D eigenvalue weighted by Crippen LogP contribution is -2.45. The zero-order valence-corrected chi connectivity index (χ0v) is 20.8. The summed E-state index contributed by atoms with van der Waals surface area (Å²) in [5.41, 5.74) is 1.77. The van der Waals surface area contributed by atoms with Crippen LogP contribution in [0.3, 0.4) is 0 Å². The summed E-state index contributed by atoms with van der Waals surface area (Å²) in [6.07, 6.45) is 0. The molecule has 0 saturated carbocycles. The Bertz CT molecular complexity index is 591. The molecule has 0 saturated heterocycles. The van der Waals surface area contributed by atoms with Gasteiger partial charge in [0.1, 0.15) is 0 Å². The molecule has 7 heteroatoms. The van der Waals surface area contributed by atoms with Crippen molar-refractivity contribution in [3.05, 3.63) is 35.4 Å². The van der Waals surface area contributed by atoms with Crippen LogP contribution in [0.5, 0.6) is 0 Å². The predicted molar refractivity (Wildman–Crippen MR) is 130 cm³/mol. The lowest BCUT2D eigenvalue weighted by molar-refractivity contribution is 0.0827. The third kappa shape index (κ3) is 9.23. The number of hydrogen-bond acceptors (Lipinski definition) is 3. The molecule has 1 aromatic rings. The van der Waals surface area contributed by atoms with Crippen molar-refractivity contribution in [3.8, 4) is 0 Å². The van der Waals surface area contributed by atoms with E-state index in [-0.39, 0.29) is 29.9 Å². The first-order chi connectivity index (χ1) is 12.8. The number of rotatable bonds is 9. The molecule has 1 amide bonds. The number of nitrogens with one attached hydrogen (secondary N) is 2. The number of hydrogen-bond donors (Lipinski definition) is 2. The Kier molecular flexibility index (Phi) is 13.1. The van der Waals surface area contributed by atoms with Gasteiger partial charge in [0, 0.05) is 51.4 Å². The smallest absolute Gasteiger partial charge is 0.253 e. The molecule has 0 fully saturated rings. The zero-order valence-electron chi connectivity index (χ0n) is 18.5. The highest BCUT2D eigenvalue weighted by Crippen LogP contribution is 2.07. The van der Waals surface area contributed by atoms with E-state index in [1.165, 1.54) is 0 Å². The van der Waals surface area contributed by atoms with Crippen LogP contribution in [0.2, 0.25) is 0 Å². The van der Waals surface area contributed by atoms with Gasteiger partial charge in [-0.25, -0.2) is 4.99 Å². The maximum atomic E-state index is 12.0. The van der Waals surface area contributed by atoms with Gasteiger partial charge < -0.3 is 15.5 Å². The third-order valence-corrected chi connectivity index (χ3v) is 4.36. The Morgan fingerprint density at radius 3 is 2.07 bits per heavy atom. The minimum absolute atomic E-state index is 0. The van der Waals surface area contributed by atoms with Crippen molar-refractivity contribution >= 4 is 35.8 Å². The molecule has 160 valence electrons. The summed E-state index contributed by atoms with van der Waals surface area (Å²) in [6.45, 7) is 14.2. The van der Waals surface area contributed by atoms with Crippen LogP contribution in [0, 0.1) is 0 Å². The monoisotopic (exact) mass is 503 g/mol. The molecule has 0 aromatic heterocycles. The van der Waals surface area contributed by atoms with E-state index in [1.807, 2.05) is 24.3 Å². The molecule has 0 aliphatic heterocycles. The van der Waals surface area contributed by atoms with Crippen LogP contribution >= 0.6 is 24.0 Å². The second kappa shape index (κ2) is 13.8. The quantitative estimate of drug-likeness (QED) is 0.309. The Balaban J connectivity index is 0.00000729. The molecule has 0 aliphatic rings. The Labute approximate surface area is 188 Å². The SMILES string of the molecule is CCNC(=NCc1ccc(C(=O)N(C)C)cc1)NCCN(C(C)C)C(C)C.I. The molecule has 28 heavy (non-hydrogen) atoms. The first-order valence-corrected chi connectivity index (χ1v) is 9.84. The van der Waals surface area contributed by atoms with Crippen LogP contribution < -0.4 is 10.6 Å². The summed E-state index contributed by atoms with van der Waals surface area (Å²) in [4.78, 5) is 20.6. The van der Waals surface area contributed by atoms with Gasteiger partial charge in [-0.05, 0) is 52.3 Å². The molecule has 0 atom stereocenters. The number of halogens is 1. The van der Waals surface area contributed by atoms with Gasteiger partial charge in [0.25, 0.3) is 5.91 Å². The van der Waals surface area contributed by atoms with E-state index < -0.39 is 0 Å². The van der Waals surface area contributed by atoms with E-state index in [9.17, 15) is 4.79 Å². The maximum absolute atomic E-state index is 12.0. The van der Waals surface area contributed by atoms with Crippen LogP contribution in [0.15, 0.2) is 29.3 Å². The summed E-state index contributed by atoms with van der Waals surface area (Å²) < 4.78 is 0. The van der Waals surface area contributed by atoms with Crippen molar-refractivity contribution in [2.75, 3.05) is 33.7 Å². The van der Waals surface area contributed by atoms with E-state index in [4.69, 9.17) is 0 Å². The van der Waals surface area contributed by atoms with E-state index in [0.29, 0.717) is 24.2 Å². The minimum Gasteiger partial charge on any atom is -0.357 e. The molecule has 6 nitrogen and oxygen atoms in total. The normalized spacial score (nSPS) is 11.6. The van der Waals surface area contributed by atoms with Crippen molar-refractivity contribution < 1.29 is 4.79 Å². The highest BCUT2D eigenvalue weighted by atomic mass is 127. The van der Waals surface area contributed by atoms with Crippen LogP contribution in [-0.2, 0) is 6.54 Å². The molecule has 0 aliphatic carbocycles. The topological polar surface area (TPSA) is 60.0 Å². The first kappa shape index (κ1) is 26.6. The van der Waals surface area contributed by atoms with Crippen molar-refractivity contribution in [3.63, 3.8) is 0 Å². The molecule has 0 spiro atoms. The highest BCUT2D eigenvalue weighted by molar-refractivity contribution is 14.0. The van der Waals surface area contributed by atoms with Crippen molar-refractivity contribution in [1.82, 2.24) is 20.4 Å². The van der Waals surface area contributed by atoms with Crippen LogP contribution in [-0.4, -0.2) is 67.5 Å². The van der Waals surface area contributed by atoms with Gasteiger partial charge in [0.2, 0.25) is 0 Å². The summed E-state index contributed by atoms with van der Waals surface area (Å²) in [7, 11) is 3.52. The number of aliphatic imine (C=N–C) groups is 1. The van der Waals surface area contributed by atoms with Gasteiger partial charge in [-0.2, -0.15) is 0 Å². The summed E-state index contributed by atoms with van der Waals surface area (Å²) in [6, 6.07) is 8.68. The summed E-state index contributed by atoms with van der Waals surface area (Å²) >= 11 is 0. The lowest BCUT2D eigenvalue weighted by atomic mass is 10.1. The number of benzene rings is 1. The Hall–Kier alpha value is -1.35. The van der Waals surface area contributed by atoms with E-state index in [0.717, 1.165) is 31.2 Å². The number of nitrogens with zero attached hydrogens (tertiary/aromatic N) is 3. The summed E-state index contributed by atoms with van der Waals surface area (Å²) in [5, 5.41) is 6.70. The fourth-order valence-electron chi connectivity index (χ4n) is 2.94. The van der Waals surface area contributed by atoms with Gasteiger partial charge in [-0.3, -0.25) is 9.69 Å². The number of amides is 1. The van der Waals surface area contributed by atoms with Crippen molar-refractivity contribution in [2.45, 2.75) is 53.2 Å². The fourth-order valence-corrected chi connectivity index (χ4v) is 2.94.